The second-order valence-corrected chi connectivity index (χ2v) is 8.56. The fraction of sp³-hybridized carbons (Fsp3) is 0.375. The lowest BCUT2D eigenvalue weighted by molar-refractivity contribution is -0.304. The number of sulfone groups is 1. The Bertz CT molecular complexity index is 882. The summed E-state index contributed by atoms with van der Waals surface area (Å²) in [6.45, 7) is 2.05. The molecule has 0 fully saturated rings. The Balaban J connectivity index is 2.10. The van der Waals surface area contributed by atoms with Crippen molar-refractivity contribution in [2.24, 2.45) is 0 Å². The molecule has 0 spiro atoms. The number of ether oxygens (including phenoxy) is 3. The first-order chi connectivity index (χ1) is 12.7. The summed E-state index contributed by atoms with van der Waals surface area (Å²) in [6.07, 6.45) is 1.35. The molecule has 148 valence electrons. The number of hydrogen-bond acceptors (Lipinski definition) is 9. The van der Waals surface area contributed by atoms with E-state index < -0.39 is 28.5 Å². The molecule has 1 aromatic heterocycles. The third kappa shape index (κ3) is 6.26. The third-order valence-electron chi connectivity index (χ3n) is 3.11. The summed E-state index contributed by atoms with van der Waals surface area (Å²) in [5.41, 5.74) is 0.190. The predicted molar refractivity (Wildman–Crippen MR) is 98.4 cm³/mol. The number of aliphatic hydroxyl groups excluding tert-OH is 1. The summed E-state index contributed by atoms with van der Waals surface area (Å²) in [5.74, 6) is -0.316. The highest BCUT2D eigenvalue weighted by Gasteiger charge is 2.19. The summed E-state index contributed by atoms with van der Waals surface area (Å²) >= 11 is 0.850. The van der Waals surface area contributed by atoms with Crippen molar-refractivity contribution in [1.29, 1.82) is 0 Å². The number of hydrogen-bond donors (Lipinski definition) is 2. The van der Waals surface area contributed by atoms with E-state index in [2.05, 4.69) is 10.3 Å². The van der Waals surface area contributed by atoms with E-state index in [1.54, 1.807) is 25.1 Å². The predicted octanol–water partition coefficient (Wildman–Crippen LogP) is 1.85. The van der Waals surface area contributed by atoms with Gasteiger partial charge in [-0.15, -0.1) is 0 Å². The zero-order valence-corrected chi connectivity index (χ0v) is 16.5. The first-order valence-electron chi connectivity index (χ1n) is 7.88. The number of amides is 1. The monoisotopic (exact) mass is 416 g/mol. The SMILES string of the molecule is CCOC(O)OC(C)Oc1ccccc1C(=O)Nc1ncc(S(C)(=O)=O)s1. The van der Waals surface area contributed by atoms with Crippen molar-refractivity contribution in [3.05, 3.63) is 36.0 Å². The molecule has 0 bridgehead atoms. The standard InChI is InChI=1S/C16H20N2O7S2/c1-4-23-16(20)25-10(2)24-12-8-6-5-7-11(12)14(19)18-15-17-9-13(26-15)27(3,21)22/h5-10,16,20H,4H2,1-3H3,(H,17,18,19). The van der Waals surface area contributed by atoms with E-state index in [1.165, 1.54) is 19.2 Å². The van der Waals surface area contributed by atoms with Crippen LogP contribution in [-0.2, 0) is 19.3 Å². The minimum absolute atomic E-state index is 0.0502. The van der Waals surface area contributed by atoms with Gasteiger partial charge in [0.15, 0.2) is 15.0 Å². The molecule has 0 radical (unpaired) electrons. The summed E-state index contributed by atoms with van der Waals surface area (Å²) in [7, 11) is -3.39. The first kappa shape index (κ1) is 21.3. The minimum Gasteiger partial charge on any atom is -0.464 e. The number of carbonyl (C=O) groups is 1. The Hall–Kier alpha value is -2.05. The maximum atomic E-state index is 12.5. The molecule has 2 rings (SSSR count). The van der Waals surface area contributed by atoms with Crippen molar-refractivity contribution < 1.29 is 32.5 Å². The summed E-state index contributed by atoms with van der Waals surface area (Å²) in [5, 5.41) is 12.2. The van der Waals surface area contributed by atoms with Gasteiger partial charge in [0, 0.05) is 12.9 Å². The summed E-state index contributed by atoms with van der Waals surface area (Å²) < 4.78 is 38.6. The second-order valence-electron chi connectivity index (χ2n) is 5.29. The van der Waals surface area contributed by atoms with Crippen LogP contribution in [0.5, 0.6) is 5.75 Å². The van der Waals surface area contributed by atoms with Gasteiger partial charge in [-0.2, -0.15) is 0 Å². The molecule has 2 aromatic rings. The number of nitrogens with zero attached hydrogens (tertiary/aromatic N) is 1. The van der Waals surface area contributed by atoms with Gasteiger partial charge in [-0.1, -0.05) is 23.5 Å². The third-order valence-corrected chi connectivity index (χ3v) is 5.81. The quantitative estimate of drug-likeness (QED) is 0.594. The van der Waals surface area contributed by atoms with Crippen LogP contribution in [0, 0.1) is 0 Å². The Kier molecular flexibility index (Phi) is 7.27. The average Bonchev–Trinajstić information content (AvgIpc) is 3.04. The van der Waals surface area contributed by atoms with Gasteiger partial charge in [0.1, 0.15) is 9.96 Å². The molecule has 1 heterocycles. The van der Waals surface area contributed by atoms with E-state index in [0.29, 0.717) is 0 Å². The van der Waals surface area contributed by atoms with Crippen molar-refractivity contribution in [2.45, 2.75) is 30.8 Å². The Labute approximate surface area is 160 Å². The number of aromatic nitrogens is 1. The van der Waals surface area contributed by atoms with E-state index in [0.717, 1.165) is 17.6 Å². The number of thiazole rings is 1. The maximum absolute atomic E-state index is 12.5. The summed E-state index contributed by atoms with van der Waals surface area (Å²) in [4.78, 5) is 16.4. The molecule has 2 atom stereocenters. The van der Waals surface area contributed by atoms with Crippen LogP contribution in [0.25, 0.3) is 0 Å². The van der Waals surface area contributed by atoms with E-state index in [4.69, 9.17) is 14.2 Å². The molecule has 27 heavy (non-hydrogen) atoms. The van der Waals surface area contributed by atoms with E-state index in [1.807, 2.05) is 0 Å². The highest BCUT2D eigenvalue weighted by molar-refractivity contribution is 7.92. The van der Waals surface area contributed by atoms with Gasteiger partial charge in [0.2, 0.25) is 6.29 Å². The molecule has 0 aliphatic rings. The van der Waals surface area contributed by atoms with Crippen LogP contribution in [0.1, 0.15) is 24.2 Å². The van der Waals surface area contributed by atoms with E-state index in [9.17, 15) is 18.3 Å². The topological polar surface area (TPSA) is 124 Å². The number of anilines is 1. The largest absolute Gasteiger partial charge is 0.464 e. The molecular formula is C16H20N2O7S2. The smallest absolute Gasteiger partial charge is 0.272 e. The Morgan fingerprint density at radius 2 is 2.07 bits per heavy atom. The fourth-order valence-electron chi connectivity index (χ4n) is 1.96. The van der Waals surface area contributed by atoms with Crippen molar-refractivity contribution >= 4 is 32.2 Å². The molecular weight excluding hydrogens is 396 g/mol. The van der Waals surface area contributed by atoms with Crippen LogP contribution >= 0.6 is 11.3 Å². The first-order valence-corrected chi connectivity index (χ1v) is 10.6. The van der Waals surface area contributed by atoms with E-state index in [-0.39, 0.29) is 27.3 Å². The van der Waals surface area contributed by atoms with Crippen molar-refractivity contribution in [2.75, 3.05) is 18.2 Å². The van der Waals surface area contributed by atoms with Gasteiger partial charge >= 0.3 is 0 Å². The molecule has 0 aliphatic heterocycles. The molecule has 2 N–H and O–H groups in total. The van der Waals surface area contributed by atoms with Crippen molar-refractivity contribution in [3.63, 3.8) is 0 Å². The van der Waals surface area contributed by atoms with Crippen molar-refractivity contribution in [1.82, 2.24) is 4.98 Å². The molecule has 0 aliphatic carbocycles. The number of aliphatic hydroxyl groups is 1. The number of rotatable bonds is 9. The van der Waals surface area contributed by atoms with Crippen LogP contribution in [-0.4, -0.2) is 50.0 Å². The average molecular weight is 416 g/mol. The minimum atomic E-state index is -3.39. The van der Waals surface area contributed by atoms with Crippen LogP contribution in [0.3, 0.4) is 0 Å². The number of carbonyl (C=O) groups excluding carboxylic acids is 1. The Morgan fingerprint density at radius 3 is 2.70 bits per heavy atom. The van der Waals surface area contributed by atoms with Crippen LogP contribution < -0.4 is 10.1 Å². The Morgan fingerprint density at radius 1 is 1.37 bits per heavy atom. The van der Waals surface area contributed by atoms with Gasteiger partial charge in [-0.05, 0) is 26.0 Å². The zero-order valence-electron chi connectivity index (χ0n) is 14.9. The highest BCUT2D eigenvalue weighted by Crippen LogP contribution is 2.25. The second kappa shape index (κ2) is 9.24. The van der Waals surface area contributed by atoms with Gasteiger partial charge < -0.3 is 14.6 Å². The van der Waals surface area contributed by atoms with Gasteiger partial charge in [-0.3, -0.25) is 14.8 Å². The van der Waals surface area contributed by atoms with Crippen molar-refractivity contribution in [3.8, 4) is 5.75 Å². The van der Waals surface area contributed by atoms with Gasteiger partial charge in [0.05, 0.1) is 11.8 Å². The number of benzene rings is 1. The fourth-order valence-corrected chi connectivity index (χ4v) is 3.59. The highest BCUT2D eigenvalue weighted by atomic mass is 32.2. The lowest BCUT2D eigenvalue weighted by Gasteiger charge is -2.20. The molecule has 0 saturated heterocycles. The molecule has 0 saturated carbocycles. The zero-order chi connectivity index (χ0) is 20.0. The van der Waals surface area contributed by atoms with Crippen LogP contribution in [0.4, 0.5) is 5.13 Å². The molecule has 1 aromatic carbocycles. The molecule has 2 unspecified atom stereocenters. The maximum Gasteiger partial charge on any atom is 0.272 e. The van der Waals surface area contributed by atoms with Crippen LogP contribution in [0.2, 0.25) is 0 Å². The lowest BCUT2D eigenvalue weighted by Crippen LogP contribution is -2.27. The molecule has 11 heteroatoms. The van der Waals surface area contributed by atoms with Gasteiger partial charge in [0.25, 0.3) is 12.4 Å². The number of nitrogens with one attached hydrogen (secondary N) is 1. The van der Waals surface area contributed by atoms with E-state index >= 15 is 0 Å². The normalized spacial score (nSPS) is 13.8. The van der Waals surface area contributed by atoms with Gasteiger partial charge in [-0.25, -0.2) is 13.4 Å². The lowest BCUT2D eigenvalue weighted by atomic mass is 10.2. The number of para-hydroxylation sites is 1. The van der Waals surface area contributed by atoms with Crippen LogP contribution in [0.15, 0.2) is 34.7 Å². The summed E-state index contributed by atoms with van der Waals surface area (Å²) in [6, 6.07) is 6.40. The molecule has 9 nitrogen and oxygen atoms in total. The molecule has 1 amide bonds.